The van der Waals surface area contributed by atoms with Crippen molar-refractivity contribution in [3.63, 3.8) is 0 Å². The first-order valence-corrected chi connectivity index (χ1v) is 10.5. The average molecular weight is 461 g/mol. The fraction of sp³-hybridized carbons (Fsp3) is 0.174. The van der Waals surface area contributed by atoms with Crippen molar-refractivity contribution >= 4 is 40.2 Å². The summed E-state index contributed by atoms with van der Waals surface area (Å²) in [5, 5.41) is 4.95. The van der Waals surface area contributed by atoms with Crippen LogP contribution in [0.25, 0.3) is 27.2 Å². The minimum absolute atomic E-state index is 0.0814. The van der Waals surface area contributed by atoms with Gasteiger partial charge in [-0.1, -0.05) is 35.9 Å². The number of carbonyl (C=O) groups excluding carboxylic acids is 2. The second kappa shape index (κ2) is 8.07. The SMILES string of the molecule is [C-]#[N+]c1ccc(CC(=O)N2CCn3nc(-c4cc(Cl)c5ocnc5c4)c(C(N)=O)c3C2)cc1. The van der Waals surface area contributed by atoms with E-state index in [2.05, 4.69) is 14.9 Å². The van der Waals surface area contributed by atoms with E-state index in [1.807, 2.05) is 0 Å². The van der Waals surface area contributed by atoms with Gasteiger partial charge in [0.25, 0.3) is 5.91 Å². The van der Waals surface area contributed by atoms with Gasteiger partial charge in [-0.15, -0.1) is 0 Å². The molecule has 0 unspecified atom stereocenters. The molecule has 0 radical (unpaired) electrons. The van der Waals surface area contributed by atoms with Gasteiger partial charge in [0.05, 0.1) is 42.4 Å². The molecule has 2 aromatic carbocycles. The van der Waals surface area contributed by atoms with Gasteiger partial charge in [-0.25, -0.2) is 9.83 Å². The van der Waals surface area contributed by atoms with Crippen LogP contribution in [0.1, 0.15) is 21.6 Å². The quantitative estimate of drug-likeness (QED) is 0.468. The van der Waals surface area contributed by atoms with E-state index in [1.54, 1.807) is 46.0 Å². The van der Waals surface area contributed by atoms with Crippen LogP contribution in [0.15, 0.2) is 47.2 Å². The maximum absolute atomic E-state index is 12.9. The molecule has 1 aliphatic heterocycles. The normalized spacial score (nSPS) is 13.0. The molecule has 0 saturated heterocycles. The van der Waals surface area contributed by atoms with E-state index in [9.17, 15) is 9.59 Å². The van der Waals surface area contributed by atoms with Crippen LogP contribution in [0.5, 0.6) is 0 Å². The Bertz CT molecular complexity index is 1450. The second-order valence-corrected chi connectivity index (χ2v) is 8.09. The molecule has 4 aromatic rings. The molecule has 2 N–H and O–H groups in total. The fourth-order valence-corrected chi connectivity index (χ4v) is 4.29. The number of primary amides is 1. The summed E-state index contributed by atoms with van der Waals surface area (Å²) in [6.07, 6.45) is 1.50. The Morgan fingerprint density at radius 2 is 2.00 bits per heavy atom. The van der Waals surface area contributed by atoms with Gasteiger partial charge in [0.2, 0.25) is 5.91 Å². The van der Waals surface area contributed by atoms with Crippen LogP contribution in [0.2, 0.25) is 5.02 Å². The van der Waals surface area contributed by atoms with E-state index in [1.165, 1.54) is 6.39 Å². The van der Waals surface area contributed by atoms with Gasteiger partial charge < -0.3 is 15.1 Å². The number of hydrogen-bond donors (Lipinski definition) is 1. The molecule has 9 nitrogen and oxygen atoms in total. The van der Waals surface area contributed by atoms with Gasteiger partial charge in [-0.05, 0) is 17.7 Å². The van der Waals surface area contributed by atoms with E-state index in [0.29, 0.717) is 51.9 Å². The Balaban J connectivity index is 1.46. The highest BCUT2D eigenvalue weighted by Crippen LogP contribution is 2.33. The number of nitrogens with two attached hydrogens (primary N) is 1. The number of amides is 2. The van der Waals surface area contributed by atoms with Crippen LogP contribution >= 0.6 is 11.6 Å². The number of benzene rings is 2. The van der Waals surface area contributed by atoms with Crippen LogP contribution in [-0.2, 0) is 24.3 Å². The van der Waals surface area contributed by atoms with Crippen molar-refractivity contribution in [3.8, 4) is 11.3 Å². The molecule has 2 aromatic heterocycles. The second-order valence-electron chi connectivity index (χ2n) is 7.69. The Morgan fingerprint density at radius 1 is 1.21 bits per heavy atom. The lowest BCUT2D eigenvalue weighted by Gasteiger charge is -2.28. The summed E-state index contributed by atoms with van der Waals surface area (Å²) in [5.41, 5.74) is 9.90. The van der Waals surface area contributed by atoms with E-state index in [-0.39, 0.29) is 24.4 Å². The lowest BCUT2D eigenvalue weighted by Crippen LogP contribution is -2.40. The Morgan fingerprint density at radius 3 is 2.73 bits per heavy atom. The van der Waals surface area contributed by atoms with Crippen molar-refractivity contribution in [3.05, 3.63) is 76.1 Å². The minimum Gasteiger partial charge on any atom is -0.442 e. The predicted octanol–water partition coefficient (Wildman–Crippen LogP) is 3.58. The third-order valence-electron chi connectivity index (χ3n) is 5.66. The van der Waals surface area contributed by atoms with Crippen LogP contribution in [-0.4, -0.2) is 38.0 Å². The molecule has 3 heterocycles. The largest absolute Gasteiger partial charge is 0.442 e. The van der Waals surface area contributed by atoms with Gasteiger partial charge in [0.1, 0.15) is 11.2 Å². The van der Waals surface area contributed by atoms with Crippen molar-refractivity contribution in [2.24, 2.45) is 5.73 Å². The van der Waals surface area contributed by atoms with Gasteiger partial charge in [0, 0.05) is 12.1 Å². The van der Waals surface area contributed by atoms with E-state index >= 15 is 0 Å². The summed E-state index contributed by atoms with van der Waals surface area (Å²) >= 11 is 6.32. The predicted molar refractivity (Wildman–Crippen MR) is 121 cm³/mol. The number of oxazole rings is 1. The van der Waals surface area contributed by atoms with Crippen molar-refractivity contribution in [2.75, 3.05) is 6.54 Å². The number of fused-ring (bicyclic) bond motifs is 2. The number of aromatic nitrogens is 3. The Hall–Kier alpha value is -4.16. The number of rotatable bonds is 4. The Kier molecular flexibility index (Phi) is 5.07. The average Bonchev–Trinajstić information content (AvgIpc) is 3.44. The lowest BCUT2D eigenvalue weighted by molar-refractivity contribution is -0.132. The summed E-state index contributed by atoms with van der Waals surface area (Å²) in [5.74, 6) is -0.714. The molecular weight excluding hydrogens is 444 g/mol. The standard InChI is InChI=1S/C23H17ClN6O3/c1-26-15-4-2-13(3-5-15)8-19(31)29-6-7-30-18(11-29)20(23(25)32)21(28-30)14-9-16(24)22-17(10-14)27-12-33-22/h2-5,9-10,12H,6-8,11H2,(H2,25,32). The summed E-state index contributed by atoms with van der Waals surface area (Å²) in [6, 6.07) is 10.3. The number of nitrogens with zero attached hydrogens (tertiary/aromatic N) is 5. The topological polar surface area (TPSA) is 112 Å². The van der Waals surface area contributed by atoms with Crippen molar-refractivity contribution in [2.45, 2.75) is 19.5 Å². The maximum atomic E-state index is 12.9. The van der Waals surface area contributed by atoms with Crippen molar-refractivity contribution in [1.29, 1.82) is 0 Å². The molecular formula is C23H17ClN6O3. The first kappa shape index (κ1) is 20.7. The molecule has 2 amide bonds. The third-order valence-corrected chi connectivity index (χ3v) is 5.94. The maximum Gasteiger partial charge on any atom is 0.252 e. The molecule has 0 atom stereocenters. The number of carbonyl (C=O) groups is 2. The van der Waals surface area contributed by atoms with Crippen LogP contribution in [0.4, 0.5) is 5.69 Å². The van der Waals surface area contributed by atoms with E-state index in [4.69, 9.17) is 28.3 Å². The van der Waals surface area contributed by atoms with Crippen LogP contribution < -0.4 is 5.73 Å². The summed E-state index contributed by atoms with van der Waals surface area (Å²) in [6.45, 7) is 8.13. The zero-order valence-electron chi connectivity index (χ0n) is 17.3. The fourth-order valence-electron chi connectivity index (χ4n) is 4.03. The van der Waals surface area contributed by atoms with Crippen molar-refractivity contribution < 1.29 is 14.0 Å². The smallest absolute Gasteiger partial charge is 0.252 e. The third kappa shape index (κ3) is 3.70. The molecule has 0 fully saturated rings. The van der Waals surface area contributed by atoms with Gasteiger partial charge in [-0.3, -0.25) is 14.3 Å². The van der Waals surface area contributed by atoms with Gasteiger partial charge in [0.15, 0.2) is 17.7 Å². The lowest BCUT2D eigenvalue weighted by atomic mass is 10.0. The highest BCUT2D eigenvalue weighted by Gasteiger charge is 2.30. The van der Waals surface area contributed by atoms with Gasteiger partial charge >= 0.3 is 0 Å². The zero-order valence-corrected chi connectivity index (χ0v) is 18.0. The highest BCUT2D eigenvalue weighted by atomic mass is 35.5. The first-order chi connectivity index (χ1) is 15.9. The molecule has 5 rings (SSSR count). The minimum atomic E-state index is -0.633. The van der Waals surface area contributed by atoms with Crippen LogP contribution in [0, 0.1) is 6.57 Å². The monoisotopic (exact) mass is 460 g/mol. The summed E-state index contributed by atoms with van der Waals surface area (Å²) in [4.78, 5) is 34.5. The molecule has 0 saturated carbocycles. The summed E-state index contributed by atoms with van der Waals surface area (Å²) in [7, 11) is 0. The summed E-state index contributed by atoms with van der Waals surface area (Å²) < 4.78 is 6.99. The van der Waals surface area contributed by atoms with E-state index < -0.39 is 5.91 Å². The number of halogens is 1. The van der Waals surface area contributed by atoms with Crippen LogP contribution in [0.3, 0.4) is 0 Å². The van der Waals surface area contributed by atoms with Gasteiger partial charge in [-0.2, -0.15) is 5.10 Å². The molecule has 33 heavy (non-hydrogen) atoms. The molecule has 10 heteroatoms. The molecule has 0 bridgehead atoms. The molecule has 1 aliphatic rings. The highest BCUT2D eigenvalue weighted by molar-refractivity contribution is 6.35. The molecule has 0 aliphatic carbocycles. The van der Waals surface area contributed by atoms with Crippen molar-refractivity contribution in [1.82, 2.24) is 19.7 Å². The molecule has 0 spiro atoms. The Labute approximate surface area is 193 Å². The zero-order chi connectivity index (χ0) is 23.1. The first-order valence-electron chi connectivity index (χ1n) is 10.1. The van der Waals surface area contributed by atoms with E-state index in [0.717, 1.165) is 5.56 Å². The molecule has 164 valence electrons. The number of hydrogen-bond acceptors (Lipinski definition) is 5.